The Morgan fingerprint density at radius 1 is 1.04 bits per heavy atom. The number of methoxy groups -OCH3 is 1. The summed E-state index contributed by atoms with van der Waals surface area (Å²) in [6, 6.07) is 5.70. The number of nitrogens with zero attached hydrogens (tertiary/aromatic N) is 2. The zero-order chi connectivity index (χ0) is 16.8. The van der Waals surface area contributed by atoms with E-state index in [4.69, 9.17) is 18.5 Å². The number of aryl methyl sites for hydroxylation is 1. The molecule has 23 heavy (non-hydrogen) atoms. The van der Waals surface area contributed by atoms with Crippen LogP contribution in [0.15, 0.2) is 22.6 Å². The van der Waals surface area contributed by atoms with Gasteiger partial charge >= 0.3 is 7.12 Å². The molecule has 3 rings (SSSR count). The second-order valence-corrected chi connectivity index (χ2v) is 6.67. The fraction of sp³-hybridized carbons (Fsp3) is 0.500. The Labute approximate surface area is 136 Å². The first-order valence-corrected chi connectivity index (χ1v) is 7.57. The molecular weight excluding hydrogens is 295 g/mol. The molecule has 0 unspecified atom stereocenters. The van der Waals surface area contributed by atoms with Gasteiger partial charge in [-0.05, 0) is 45.3 Å². The molecule has 0 atom stereocenters. The van der Waals surface area contributed by atoms with E-state index in [0.29, 0.717) is 17.5 Å². The van der Waals surface area contributed by atoms with Crippen molar-refractivity contribution in [1.29, 1.82) is 0 Å². The lowest BCUT2D eigenvalue weighted by molar-refractivity contribution is 0.00578. The highest BCUT2D eigenvalue weighted by molar-refractivity contribution is 6.62. The first-order valence-electron chi connectivity index (χ1n) is 7.57. The summed E-state index contributed by atoms with van der Waals surface area (Å²) < 4.78 is 23.1. The van der Waals surface area contributed by atoms with Gasteiger partial charge in [-0.3, -0.25) is 0 Å². The number of rotatable bonds is 3. The summed E-state index contributed by atoms with van der Waals surface area (Å²) in [4.78, 5) is 0. The second kappa shape index (κ2) is 5.35. The van der Waals surface area contributed by atoms with E-state index in [1.54, 1.807) is 14.0 Å². The summed E-state index contributed by atoms with van der Waals surface area (Å²) in [6.07, 6.45) is 0. The fourth-order valence-electron chi connectivity index (χ4n) is 2.42. The third-order valence-electron chi connectivity index (χ3n) is 4.51. The second-order valence-electron chi connectivity index (χ2n) is 6.67. The van der Waals surface area contributed by atoms with Gasteiger partial charge in [0.25, 0.3) is 5.89 Å². The fourth-order valence-corrected chi connectivity index (χ4v) is 2.42. The summed E-state index contributed by atoms with van der Waals surface area (Å²) in [5, 5.41) is 7.89. The monoisotopic (exact) mass is 316 g/mol. The Morgan fingerprint density at radius 3 is 2.22 bits per heavy atom. The molecule has 1 aromatic carbocycles. The van der Waals surface area contributed by atoms with Crippen molar-refractivity contribution in [2.24, 2.45) is 0 Å². The molecule has 1 saturated heterocycles. The summed E-state index contributed by atoms with van der Waals surface area (Å²) >= 11 is 0. The van der Waals surface area contributed by atoms with Gasteiger partial charge in [0.1, 0.15) is 5.75 Å². The molecule has 122 valence electrons. The molecule has 0 spiro atoms. The van der Waals surface area contributed by atoms with Crippen molar-refractivity contribution in [2.45, 2.75) is 45.8 Å². The Hall–Kier alpha value is -1.86. The first kappa shape index (κ1) is 16.0. The molecule has 0 N–H and O–H groups in total. The molecule has 1 aliphatic heterocycles. The van der Waals surface area contributed by atoms with E-state index in [1.165, 1.54) is 0 Å². The molecule has 0 radical (unpaired) electrons. The molecule has 1 aliphatic rings. The first-order chi connectivity index (χ1) is 10.7. The van der Waals surface area contributed by atoms with Gasteiger partial charge in [0.2, 0.25) is 5.89 Å². The minimum atomic E-state index is -0.438. The molecule has 2 heterocycles. The van der Waals surface area contributed by atoms with Crippen molar-refractivity contribution in [1.82, 2.24) is 10.2 Å². The van der Waals surface area contributed by atoms with Gasteiger partial charge in [-0.25, -0.2) is 0 Å². The van der Waals surface area contributed by atoms with E-state index in [9.17, 15) is 0 Å². The lowest BCUT2D eigenvalue weighted by atomic mass is 9.78. The highest BCUT2D eigenvalue weighted by Gasteiger charge is 2.51. The zero-order valence-corrected chi connectivity index (χ0v) is 14.3. The lowest BCUT2D eigenvalue weighted by Crippen LogP contribution is -2.41. The lowest BCUT2D eigenvalue weighted by Gasteiger charge is -2.32. The molecule has 1 aromatic heterocycles. The molecule has 0 amide bonds. The molecule has 0 bridgehead atoms. The molecule has 0 aliphatic carbocycles. The third-order valence-corrected chi connectivity index (χ3v) is 4.51. The van der Waals surface area contributed by atoms with Crippen LogP contribution in [0.25, 0.3) is 11.5 Å². The van der Waals surface area contributed by atoms with Crippen LogP contribution in [0.5, 0.6) is 5.75 Å². The van der Waals surface area contributed by atoms with Gasteiger partial charge in [-0.15, -0.1) is 10.2 Å². The van der Waals surface area contributed by atoms with E-state index in [0.717, 1.165) is 11.0 Å². The Balaban J connectivity index is 1.94. The minimum absolute atomic E-state index is 0.382. The van der Waals surface area contributed by atoms with Gasteiger partial charge in [-0.1, -0.05) is 6.07 Å². The van der Waals surface area contributed by atoms with Crippen LogP contribution in [-0.4, -0.2) is 35.6 Å². The normalized spacial score (nSPS) is 19.1. The predicted molar refractivity (Wildman–Crippen MR) is 86.7 cm³/mol. The summed E-state index contributed by atoms with van der Waals surface area (Å²) in [6.45, 7) is 9.86. The van der Waals surface area contributed by atoms with Crippen LogP contribution in [-0.2, 0) is 9.31 Å². The Kier molecular flexibility index (Phi) is 3.73. The standard InChI is InChI=1S/C16H21BN2O4/c1-10-18-19-14(21-10)12-8-7-11(9-13(12)20-6)17-22-15(2,3)16(4,5)23-17/h7-9H,1-6H3. The van der Waals surface area contributed by atoms with Crippen LogP contribution in [0.3, 0.4) is 0 Å². The molecule has 0 saturated carbocycles. The maximum Gasteiger partial charge on any atom is 0.494 e. The van der Waals surface area contributed by atoms with Crippen molar-refractivity contribution >= 4 is 12.6 Å². The quantitative estimate of drug-likeness (QED) is 0.810. The predicted octanol–water partition coefficient (Wildman–Crippen LogP) is 2.35. The van der Waals surface area contributed by atoms with Crippen molar-refractivity contribution in [3.63, 3.8) is 0 Å². The van der Waals surface area contributed by atoms with E-state index in [-0.39, 0.29) is 11.2 Å². The molecule has 2 aromatic rings. The highest BCUT2D eigenvalue weighted by atomic mass is 16.7. The molecule has 6 nitrogen and oxygen atoms in total. The largest absolute Gasteiger partial charge is 0.496 e. The number of benzene rings is 1. The number of hydrogen-bond acceptors (Lipinski definition) is 6. The Morgan fingerprint density at radius 2 is 1.70 bits per heavy atom. The average Bonchev–Trinajstić information content (AvgIpc) is 2.99. The topological polar surface area (TPSA) is 66.6 Å². The van der Waals surface area contributed by atoms with Crippen LogP contribution in [0.1, 0.15) is 33.6 Å². The number of ether oxygens (including phenoxy) is 1. The van der Waals surface area contributed by atoms with Crippen LogP contribution >= 0.6 is 0 Å². The van der Waals surface area contributed by atoms with Gasteiger partial charge in [0.05, 0.1) is 23.9 Å². The molecule has 1 fully saturated rings. The van der Waals surface area contributed by atoms with Crippen LogP contribution in [0, 0.1) is 6.92 Å². The molecular formula is C16H21BN2O4. The van der Waals surface area contributed by atoms with E-state index >= 15 is 0 Å². The summed E-state index contributed by atoms with van der Waals surface area (Å²) in [5.41, 5.74) is 0.870. The maximum absolute atomic E-state index is 6.07. The third kappa shape index (κ3) is 2.75. The van der Waals surface area contributed by atoms with Gasteiger partial charge in [-0.2, -0.15) is 0 Å². The van der Waals surface area contributed by atoms with Crippen LogP contribution < -0.4 is 10.2 Å². The van der Waals surface area contributed by atoms with Gasteiger partial charge in [0, 0.05) is 6.92 Å². The van der Waals surface area contributed by atoms with E-state index in [2.05, 4.69) is 10.2 Å². The highest BCUT2D eigenvalue weighted by Crippen LogP contribution is 2.37. The Bertz CT molecular complexity index is 711. The van der Waals surface area contributed by atoms with Crippen LogP contribution in [0.2, 0.25) is 0 Å². The number of aromatic nitrogens is 2. The average molecular weight is 316 g/mol. The maximum atomic E-state index is 6.07. The number of hydrogen-bond donors (Lipinski definition) is 0. The molecule has 7 heteroatoms. The zero-order valence-electron chi connectivity index (χ0n) is 14.3. The smallest absolute Gasteiger partial charge is 0.494 e. The van der Waals surface area contributed by atoms with E-state index < -0.39 is 7.12 Å². The summed E-state index contributed by atoms with van der Waals surface area (Å²) in [5.74, 6) is 1.58. The van der Waals surface area contributed by atoms with Gasteiger partial charge in [0.15, 0.2) is 0 Å². The van der Waals surface area contributed by atoms with Gasteiger partial charge < -0.3 is 18.5 Å². The van der Waals surface area contributed by atoms with Crippen molar-refractivity contribution in [3.8, 4) is 17.2 Å². The minimum Gasteiger partial charge on any atom is -0.496 e. The van der Waals surface area contributed by atoms with Crippen molar-refractivity contribution in [2.75, 3.05) is 7.11 Å². The van der Waals surface area contributed by atoms with Crippen molar-refractivity contribution in [3.05, 3.63) is 24.1 Å². The van der Waals surface area contributed by atoms with Crippen molar-refractivity contribution < 1.29 is 18.5 Å². The SMILES string of the molecule is COc1cc(B2OC(C)(C)C(C)(C)O2)ccc1-c1nnc(C)o1. The summed E-state index contributed by atoms with van der Waals surface area (Å²) in [7, 11) is 1.17. The van der Waals surface area contributed by atoms with Crippen LogP contribution in [0.4, 0.5) is 0 Å². The van der Waals surface area contributed by atoms with E-state index in [1.807, 2.05) is 45.9 Å².